The summed E-state index contributed by atoms with van der Waals surface area (Å²) in [7, 11) is 0. The molecule has 0 atom stereocenters. The molecule has 0 bridgehead atoms. The lowest BCUT2D eigenvalue weighted by molar-refractivity contribution is 0.280. The van der Waals surface area contributed by atoms with Gasteiger partial charge in [0.2, 0.25) is 9.54 Å². The third kappa shape index (κ3) is 2.62. The molecule has 2 rings (SSSR count). The average Bonchev–Trinajstić information content (AvgIpc) is 2.71. The summed E-state index contributed by atoms with van der Waals surface area (Å²) in [5.74, 6) is -0.0350. The standard InChI is InChI=1S/C10H11N5O2S2/c1-5-8(17)7(6(4-16)2-11-5)3-12-15-9(18)13-14-10(15)19/h2-3,16-17H,4H2,1H3,(H,13,18)(H,14,19)/b12-3+. The van der Waals surface area contributed by atoms with E-state index in [2.05, 4.69) is 20.3 Å². The number of aliphatic hydroxyl groups excluding tert-OH is 1. The largest absolute Gasteiger partial charge is 0.505 e. The molecule has 2 heterocycles. The van der Waals surface area contributed by atoms with Crippen molar-refractivity contribution < 1.29 is 10.2 Å². The molecule has 0 unspecified atom stereocenters. The Hall–Kier alpha value is -1.84. The highest BCUT2D eigenvalue weighted by Crippen LogP contribution is 2.21. The van der Waals surface area contributed by atoms with Crippen molar-refractivity contribution in [1.29, 1.82) is 0 Å². The van der Waals surface area contributed by atoms with Crippen LogP contribution < -0.4 is 0 Å². The van der Waals surface area contributed by atoms with E-state index in [-0.39, 0.29) is 12.4 Å². The van der Waals surface area contributed by atoms with Crippen molar-refractivity contribution in [3.05, 3.63) is 32.6 Å². The van der Waals surface area contributed by atoms with Gasteiger partial charge in [0.25, 0.3) is 0 Å². The number of hydrogen-bond donors (Lipinski definition) is 4. The van der Waals surface area contributed by atoms with Gasteiger partial charge in [-0.2, -0.15) is 9.78 Å². The predicted octanol–water partition coefficient (Wildman–Crippen LogP) is 1.39. The highest BCUT2D eigenvalue weighted by atomic mass is 32.1. The minimum atomic E-state index is -0.256. The minimum Gasteiger partial charge on any atom is -0.505 e. The van der Waals surface area contributed by atoms with Gasteiger partial charge in [0.05, 0.1) is 18.5 Å². The molecule has 0 radical (unpaired) electrons. The van der Waals surface area contributed by atoms with Gasteiger partial charge in [-0.1, -0.05) is 0 Å². The summed E-state index contributed by atoms with van der Waals surface area (Å²) < 4.78 is 1.90. The highest BCUT2D eigenvalue weighted by molar-refractivity contribution is 7.72. The zero-order chi connectivity index (χ0) is 14.0. The van der Waals surface area contributed by atoms with Crippen molar-refractivity contribution in [3.8, 4) is 5.75 Å². The molecule has 4 N–H and O–H groups in total. The molecule has 0 saturated carbocycles. The summed E-state index contributed by atoms with van der Waals surface area (Å²) in [5.41, 5.74) is 1.29. The van der Waals surface area contributed by atoms with Gasteiger partial charge in [-0.15, -0.1) is 0 Å². The molecule has 0 fully saturated rings. The molecular weight excluding hydrogens is 286 g/mol. The number of H-pyrrole nitrogens is 2. The van der Waals surface area contributed by atoms with Crippen LogP contribution in [0.25, 0.3) is 0 Å². The summed E-state index contributed by atoms with van der Waals surface area (Å²) >= 11 is 9.96. The van der Waals surface area contributed by atoms with Crippen molar-refractivity contribution >= 4 is 30.7 Å². The molecule has 0 amide bonds. The maximum Gasteiger partial charge on any atom is 0.215 e. The molecule has 7 nitrogen and oxygen atoms in total. The lowest BCUT2D eigenvalue weighted by atomic mass is 10.1. The summed E-state index contributed by atoms with van der Waals surface area (Å²) in [6.45, 7) is 1.40. The number of hydrogen-bond acceptors (Lipinski definition) is 6. The number of nitrogens with one attached hydrogen (secondary N) is 2. The maximum atomic E-state index is 9.93. The number of pyridine rings is 1. The van der Waals surface area contributed by atoms with Gasteiger partial charge < -0.3 is 10.2 Å². The van der Waals surface area contributed by atoms with Gasteiger partial charge >= 0.3 is 0 Å². The van der Waals surface area contributed by atoms with Crippen LogP contribution in [0.3, 0.4) is 0 Å². The Morgan fingerprint density at radius 1 is 1.42 bits per heavy atom. The summed E-state index contributed by atoms with van der Waals surface area (Å²) in [6.07, 6.45) is 2.86. The van der Waals surface area contributed by atoms with Crippen LogP contribution in [-0.2, 0) is 6.61 Å². The lowest BCUT2D eigenvalue weighted by Crippen LogP contribution is -1.99. The van der Waals surface area contributed by atoms with E-state index in [9.17, 15) is 10.2 Å². The van der Waals surface area contributed by atoms with E-state index < -0.39 is 0 Å². The second-order valence-electron chi connectivity index (χ2n) is 3.71. The van der Waals surface area contributed by atoms with Crippen LogP contribution in [0.1, 0.15) is 16.8 Å². The van der Waals surface area contributed by atoms with Crippen LogP contribution in [-0.4, -0.2) is 36.3 Å². The first kappa shape index (κ1) is 13.6. The summed E-state index contributed by atoms with van der Waals surface area (Å²) in [6, 6.07) is 0. The van der Waals surface area contributed by atoms with Crippen molar-refractivity contribution in [3.63, 3.8) is 0 Å². The van der Waals surface area contributed by atoms with Crippen LogP contribution >= 0.6 is 24.4 Å². The zero-order valence-electron chi connectivity index (χ0n) is 9.91. The monoisotopic (exact) mass is 297 g/mol. The molecule has 19 heavy (non-hydrogen) atoms. The molecule has 0 saturated heterocycles. The Balaban J connectivity index is 2.52. The van der Waals surface area contributed by atoms with E-state index in [1.54, 1.807) is 6.92 Å². The topological polar surface area (TPSA) is 102 Å². The molecular formula is C10H11N5O2S2. The number of nitrogens with zero attached hydrogens (tertiary/aromatic N) is 3. The average molecular weight is 297 g/mol. The third-order valence-electron chi connectivity index (χ3n) is 2.49. The van der Waals surface area contributed by atoms with Crippen LogP contribution in [0.5, 0.6) is 5.75 Å². The first-order valence-electron chi connectivity index (χ1n) is 5.27. The Morgan fingerprint density at radius 3 is 2.63 bits per heavy atom. The smallest absolute Gasteiger partial charge is 0.215 e. The van der Waals surface area contributed by atoms with E-state index in [0.29, 0.717) is 26.4 Å². The molecule has 0 aliphatic carbocycles. The van der Waals surface area contributed by atoms with Crippen molar-refractivity contribution in [2.45, 2.75) is 13.5 Å². The lowest BCUT2D eigenvalue weighted by Gasteiger charge is -2.06. The van der Waals surface area contributed by atoms with Gasteiger partial charge in [-0.3, -0.25) is 15.2 Å². The number of aromatic nitrogens is 4. The fraction of sp³-hybridized carbons (Fsp3) is 0.200. The molecule has 2 aromatic heterocycles. The van der Waals surface area contributed by atoms with Crippen LogP contribution in [0.15, 0.2) is 11.3 Å². The predicted molar refractivity (Wildman–Crippen MR) is 74.4 cm³/mol. The van der Waals surface area contributed by atoms with E-state index in [1.165, 1.54) is 17.1 Å². The van der Waals surface area contributed by atoms with Crippen molar-refractivity contribution in [2.75, 3.05) is 0 Å². The van der Waals surface area contributed by atoms with Crippen LogP contribution in [0.2, 0.25) is 0 Å². The zero-order valence-corrected chi connectivity index (χ0v) is 11.5. The summed E-state index contributed by atoms with van der Waals surface area (Å²) in [5, 5.41) is 28.5. The second kappa shape index (κ2) is 5.43. The molecule has 9 heteroatoms. The Morgan fingerprint density at radius 2 is 2.05 bits per heavy atom. The number of aliphatic hydroxyl groups is 1. The number of aromatic amines is 2. The van der Waals surface area contributed by atoms with E-state index >= 15 is 0 Å². The molecule has 0 aliphatic rings. The normalized spacial score (nSPS) is 11.3. The molecule has 0 aromatic carbocycles. The van der Waals surface area contributed by atoms with Gasteiger partial charge in [0.1, 0.15) is 5.75 Å². The fourth-order valence-electron chi connectivity index (χ4n) is 1.45. The van der Waals surface area contributed by atoms with Gasteiger partial charge in [0.15, 0.2) is 0 Å². The minimum absolute atomic E-state index is 0.0350. The first-order valence-corrected chi connectivity index (χ1v) is 6.08. The van der Waals surface area contributed by atoms with Gasteiger partial charge in [-0.05, 0) is 31.4 Å². The summed E-state index contributed by atoms with van der Waals surface area (Å²) in [4.78, 5) is 3.96. The quantitative estimate of drug-likeness (QED) is 0.506. The van der Waals surface area contributed by atoms with Gasteiger partial charge in [-0.25, -0.2) is 0 Å². The molecule has 0 spiro atoms. The Bertz CT molecular complexity index is 716. The first-order chi connectivity index (χ1) is 9.04. The van der Waals surface area contributed by atoms with Crippen molar-refractivity contribution in [2.24, 2.45) is 5.10 Å². The Kier molecular flexibility index (Phi) is 3.88. The molecule has 100 valence electrons. The SMILES string of the molecule is Cc1ncc(CO)c(/C=N/n2c(=S)[nH][nH]c2=S)c1O. The van der Waals surface area contributed by atoms with Crippen molar-refractivity contribution in [1.82, 2.24) is 19.9 Å². The molecule has 2 aromatic rings. The van der Waals surface area contributed by atoms with E-state index in [0.717, 1.165) is 0 Å². The second-order valence-corrected chi connectivity index (χ2v) is 4.48. The Labute approximate surface area is 118 Å². The third-order valence-corrected chi connectivity index (χ3v) is 3.04. The molecule has 0 aliphatic heterocycles. The fourth-order valence-corrected chi connectivity index (χ4v) is 1.88. The van der Waals surface area contributed by atoms with E-state index in [4.69, 9.17) is 24.4 Å². The number of aromatic hydroxyl groups is 1. The maximum absolute atomic E-state index is 9.93. The van der Waals surface area contributed by atoms with E-state index in [1.807, 2.05) is 0 Å². The highest BCUT2D eigenvalue weighted by Gasteiger charge is 2.09. The van der Waals surface area contributed by atoms with Crippen LogP contribution in [0, 0.1) is 16.5 Å². The van der Waals surface area contributed by atoms with Crippen LogP contribution in [0.4, 0.5) is 0 Å². The van der Waals surface area contributed by atoms with Gasteiger partial charge in [0, 0.05) is 17.3 Å². The number of aryl methyl sites for hydroxylation is 1. The number of rotatable bonds is 3.